The van der Waals surface area contributed by atoms with Crippen molar-refractivity contribution in [3.05, 3.63) is 46.5 Å². The molecule has 2 aliphatic rings. The van der Waals surface area contributed by atoms with E-state index in [4.69, 9.17) is 4.74 Å². The molecule has 2 amide bonds. The monoisotopic (exact) mass is 455 g/mol. The molecule has 4 rings (SSSR count). The van der Waals surface area contributed by atoms with Crippen LogP contribution in [0.1, 0.15) is 59.5 Å². The molecule has 1 aromatic carbocycles. The third-order valence-electron chi connectivity index (χ3n) is 6.52. The molecule has 0 radical (unpaired) electrons. The van der Waals surface area contributed by atoms with E-state index < -0.39 is 0 Å². The summed E-state index contributed by atoms with van der Waals surface area (Å²) in [6.07, 6.45) is 8.18. The standard InChI is InChI=1S/C25H33N3O3S/c1-19-16-23(32-26-19)18-24(29)27-11-13-28(14-12-27)25(30)21-8-5-9-22(17-21)31-15-10-20-6-3-2-4-7-20/h5,8-9,16-17,20H,2-4,6-7,10-15,18H2,1H3. The fourth-order valence-electron chi connectivity index (χ4n) is 4.64. The zero-order chi connectivity index (χ0) is 22.3. The van der Waals surface area contributed by atoms with E-state index in [2.05, 4.69) is 4.37 Å². The lowest BCUT2D eigenvalue weighted by molar-refractivity contribution is -0.131. The lowest BCUT2D eigenvalue weighted by Crippen LogP contribution is -2.50. The first kappa shape index (κ1) is 22.8. The van der Waals surface area contributed by atoms with Crippen molar-refractivity contribution in [3.63, 3.8) is 0 Å². The topological polar surface area (TPSA) is 62.7 Å². The van der Waals surface area contributed by atoms with Crippen LogP contribution < -0.4 is 4.74 Å². The number of nitrogens with zero attached hydrogens (tertiary/aromatic N) is 3. The van der Waals surface area contributed by atoms with Crippen LogP contribution in [0.15, 0.2) is 30.3 Å². The minimum absolute atomic E-state index is 0.00733. The minimum Gasteiger partial charge on any atom is -0.494 e. The average Bonchev–Trinajstić information content (AvgIpc) is 3.24. The zero-order valence-corrected chi connectivity index (χ0v) is 19.7. The first-order valence-electron chi connectivity index (χ1n) is 11.8. The van der Waals surface area contributed by atoms with Gasteiger partial charge in [0.25, 0.3) is 5.91 Å². The maximum absolute atomic E-state index is 13.0. The number of carbonyl (C=O) groups is 2. The number of carbonyl (C=O) groups excluding carboxylic acids is 2. The van der Waals surface area contributed by atoms with Crippen molar-refractivity contribution in [1.82, 2.24) is 14.2 Å². The first-order chi connectivity index (χ1) is 15.6. The third kappa shape index (κ3) is 6.09. The van der Waals surface area contributed by atoms with Crippen molar-refractivity contribution in [2.75, 3.05) is 32.8 Å². The Balaban J connectivity index is 1.24. The summed E-state index contributed by atoms with van der Waals surface area (Å²) < 4.78 is 10.2. The zero-order valence-electron chi connectivity index (χ0n) is 18.9. The average molecular weight is 456 g/mol. The molecule has 7 heteroatoms. The van der Waals surface area contributed by atoms with Crippen LogP contribution in [0.3, 0.4) is 0 Å². The number of amides is 2. The smallest absolute Gasteiger partial charge is 0.254 e. The summed E-state index contributed by atoms with van der Waals surface area (Å²) in [5, 5.41) is 0. The molecule has 0 unspecified atom stereocenters. The van der Waals surface area contributed by atoms with Crippen molar-refractivity contribution in [2.45, 2.75) is 51.9 Å². The van der Waals surface area contributed by atoms with Crippen molar-refractivity contribution < 1.29 is 14.3 Å². The van der Waals surface area contributed by atoms with E-state index in [1.54, 1.807) is 0 Å². The van der Waals surface area contributed by atoms with Crippen LogP contribution in [0.4, 0.5) is 0 Å². The maximum Gasteiger partial charge on any atom is 0.254 e. The molecular weight excluding hydrogens is 422 g/mol. The molecule has 2 heterocycles. The van der Waals surface area contributed by atoms with Crippen LogP contribution in [-0.2, 0) is 11.2 Å². The summed E-state index contributed by atoms with van der Waals surface area (Å²) in [7, 11) is 0. The number of ether oxygens (including phenoxy) is 1. The van der Waals surface area contributed by atoms with Gasteiger partial charge in [0.1, 0.15) is 5.75 Å². The number of benzene rings is 1. The van der Waals surface area contributed by atoms with E-state index in [0.29, 0.717) is 44.8 Å². The van der Waals surface area contributed by atoms with Gasteiger partial charge in [-0.25, -0.2) is 0 Å². The van der Waals surface area contributed by atoms with Gasteiger partial charge in [-0.15, -0.1) is 0 Å². The highest BCUT2D eigenvalue weighted by Crippen LogP contribution is 2.26. The van der Waals surface area contributed by atoms with Crippen LogP contribution >= 0.6 is 11.5 Å². The van der Waals surface area contributed by atoms with Crippen LogP contribution in [0.5, 0.6) is 5.75 Å². The van der Waals surface area contributed by atoms with Gasteiger partial charge in [-0.2, -0.15) is 4.37 Å². The van der Waals surface area contributed by atoms with Crippen molar-refractivity contribution >= 4 is 23.3 Å². The van der Waals surface area contributed by atoms with Gasteiger partial charge in [0.05, 0.1) is 18.7 Å². The number of hydrogen-bond acceptors (Lipinski definition) is 5. The molecule has 6 nitrogen and oxygen atoms in total. The lowest BCUT2D eigenvalue weighted by atomic mass is 9.87. The van der Waals surface area contributed by atoms with Crippen LogP contribution in [0.2, 0.25) is 0 Å². The molecule has 1 aromatic heterocycles. The van der Waals surface area contributed by atoms with Crippen molar-refractivity contribution in [2.24, 2.45) is 5.92 Å². The minimum atomic E-state index is 0.00733. The van der Waals surface area contributed by atoms with Gasteiger partial charge >= 0.3 is 0 Å². The SMILES string of the molecule is Cc1cc(CC(=O)N2CCN(C(=O)c3cccc(OCCC4CCCCC4)c3)CC2)sn1. The second-order valence-electron chi connectivity index (χ2n) is 8.95. The molecule has 32 heavy (non-hydrogen) atoms. The molecule has 1 saturated carbocycles. The summed E-state index contributed by atoms with van der Waals surface area (Å²) >= 11 is 1.39. The van der Waals surface area contributed by atoms with Crippen LogP contribution in [0.25, 0.3) is 0 Å². The maximum atomic E-state index is 13.0. The van der Waals surface area contributed by atoms with Crippen LogP contribution in [-0.4, -0.2) is 58.8 Å². The Morgan fingerprint density at radius 1 is 1.06 bits per heavy atom. The van der Waals surface area contributed by atoms with Gasteiger partial charge in [-0.05, 0) is 55.1 Å². The summed E-state index contributed by atoms with van der Waals surface area (Å²) in [5.41, 5.74) is 1.61. The molecule has 0 spiro atoms. The lowest BCUT2D eigenvalue weighted by Gasteiger charge is -2.34. The van der Waals surface area contributed by atoms with Gasteiger partial charge in [-0.1, -0.05) is 38.2 Å². The number of piperazine rings is 1. The van der Waals surface area contributed by atoms with Gasteiger partial charge in [0.15, 0.2) is 0 Å². The molecule has 0 N–H and O–H groups in total. The number of aromatic nitrogens is 1. The largest absolute Gasteiger partial charge is 0.494 e. The van der Waals surface area contributed by atoms with E-state index in [1.165, 1.54) is 43.6 Å². The summed E-state index contributed by atoms with van der Waals surface area (Å²) in [5.74, 6) is 1.66. The molecule has 2 aromatic rings. The molecular formula is C25H33N3O3S. The summed E-state index contributed by atoms with van der Waals surface area (Å²) in [4.78, 5) is 30.2. The molecule has 0 atom stereocenters. The Bertz CT molecular complexity index is 915. The van der Waals surface area contributed by atoms with E-state index in [1.807, 2.05) is 47.1 Å². The van der Waals surface area contributed by atoms with Gasteiger partial charge in [0.2, 0.25) is 5.91 Å². The predicted molar refractivity (Wildman–Crippen MR) is 126 cm³/mol. The first-order valence-corrected chi connectivity index (χ1v) is 12.6. The van der Waals surface area contributed by atoms with E-state index in [0.717, 1.165) is 28.7 Å². The second kappa shape index (κ2) is 10.9. The van der Waals surface area contributed by atoms with Crippen LogP contribution in [0, 0.1) is 12.8 Å². The highest BCUT2D eigenvalue weighted by Gasteiger charge is 2.25. The molecule has 2 fully saturated rings. The van der Waals surface area contributed by atoms with Crippen molar-refractivity contribution in [1.29, 1.82) is 0 Å². The summed E-state index contributed by atoms with van der Waals surface area (Å²) in [6.45, 7) is 4.89. The Morgan fingerprint density at radius 3 is 2.53 bits per heavy atom. The Hall–Kier alpha value is -2.41. The van der Waals surface area contributed by atoms with E-state index in [9.17, 15) is 9.59 Å². The third-order valence-corrected chi connectivity index (χ3v) is 7.40. The van der Waals surface area contributed by atoms with E-state index in [-0.39, 0.29) is 11.8 Å². The summed E-state index contributed by atoms with van der Waals surface area (Å²) in [6, 6.07) is 9.48. The Labute approximate surface area is 194 Å². The van der Waals surface area contributed by atoms with Gasteiger partial charge in [0, 0.05) is 36.6 Å². The Kier molecular flexibility index (Phi) is 7.79. The highest BCUT2D eigenvalue weighted by atomic mass is 32.1. The molecule has 0 bridgehead atoms. The number of hydrogen-bond donors (Lipinski definition) is 0. The van der Waals surface area contributed by atoms with Crippen molar-refractivity contribution in [3.8, 4) is 5.75 Å². The number of aryl methyl sites for hydroxylation is 1. The molecule has 1 aliphatic heterocycles. The molecule has 172 valence electrons. The van der Waals surface area contributed by atoms with Gasteiger partial charge < -0.3 is 14.5 Å². The molecule has 1 aliphatic carbocycles. The second-order valence-corrected chi connectivity index (χ2v) is 9.84. The fourth-order valence-corrected chi connectivity index (χ4v) is 5.37. The van der Waals surface area contributed by atoms with Gasteiger partial charge in [-0.3, -0.25) is 9.59 Å². The molecule has 1 saturated heterocycles. The highest BCUT2D eigenvalue weighted by molar-refractivity contribution is 7.05. The number of rotatable bonds is 7. The fraction of sp³-hybridized carbons (Fsp3) is 0.560. The Morgan fingerprint density at radius 2 is 1.81 bits per heavy atom. The predicted octanol–water partition coefficient (Wildman–Crippen LogP) is 4.33. The quantitative estimate of drug-likeness (QED) is 0.624. The normalized spacial score (nSPS) is 17.4. The van der Waals surface area contributed by atoms with E-state index >= 15 is 0 Å².